The summed E-state index contributed by atoms with van der Waals surface area (Å²) in [7, 11) is -1.83. The van der Waals surface area contributed by atoms with Gasteiger partial charge in [-0.05, 0) is 33.3 Å². The van der Waals surface area contributed by atoms with E-state index < -0.39 is 8.60 Å². The van der Waals surface area contributed by atoms with Crippen LogP contribution in [0.2, 0.25) is 0 Å². The van der Waals surface area contributed by atoms with E-state index in [9.17, 15) is 4.89 Å². The Morgan fingerprint density at radius 1 is 1.05 bits per heavy atom. The Hall–Kier alpha value is -0.510. The summed E-state index contributed by atoms with van der Waals surface area (Å²) in [6, 6.07) is 10.5. The van der Waals surface area contributed by atoms with Gasteiger partial charge < -0.3 is 9.42 Å². The Kier molecular flexibility index (Phi) is 7.51. The third kappa shape index (κ3) is 6.46. The zero-order valence-electron chi connectivity index (χ0n) is 12.1. The van der Waals surface area contributed by atoms with Crippen LogP contribution in [0.15, 0.2) is 30.3 Å². The number of nitrogens with zero attached hydrogens (tertiary/aromatic N) is 1. The summed E-state index contributed by atoms with van der Waals surface area (Å²) in [6.07, 6.45) is 0. The molecule has 0 aliphatic carbocycles. The van der Waals surface area contributed by atoms with Gasteiger partial charge in [0.25, 0.3) is 0 Å². The molecule has 0 spiro atoms. The molecule has 0 saturated heterocycles. The fourth-order valence-corrected chi connectivity index (χ4v) is 2.32. The standard InChI is InChI=1S/C14H24NO3P/c1-12(2)15(13(3)4)11-18-19(16)17-10-14-8-6-5-7-9-14/h5-9,12-13,16H,10-11H2,1-4H3. The topological polar surface area (TPSA) is 41.9 Å². The molecule has 1 unspecified atom stereocenters. The van der Waals surface area contributed by atoms with Crippen LogP contribution >= 0.6 is 8.60 Å². The summed E-state index contributed by atoms with van der Waals surface area (Å²) in [5.41, 5.74) is 1.03. The molecular weight excluding hydrogens is 261 g/mol. The van der Waals surface area contributed by atoms with Gasteiger partial charge in [-0.15, -0.1) is 0 Å². The summed E-state index contributed by atoms with van der Waals surface area (Å²) < 4.78 is 10.7. The lowest BCUT2D eigenvalue weighted by molar-refractivity contribution is 0.0532. The van der Waals surface area contributed by atoms with E-state index in [1.54, 1.807) is 0 Å². The van der Waals surface area contributed by atoms with Crippen molar-refractivity contribution in [1.82, 2.24) is 4.90 Å². The highest BCUT2D eigenvalue weighted by molar-refractivity contribution is 7.40. The van der Waals surface area contributed by atoms with Crippen LogP contribution in [0.4, 0.5) is 0 Å². The van der Waals surface area contributed by atoms with Crippen molar-refractivity contribution in [3.05, 3.63) is 35.9 Å². The van der Waals surface area contributed by atoms with Crippen molar-refractivity contribution in [3.63, 3.8) is 0 Å². The van der Waals surface area contributed by atoms with Crippen molar-refractivity contribution in [2.75, 3.05) is 6.73 Å². The third-order valence-corrected chi connectivity index (χ3v) is 3.51. The summed E-state index contributed by atoms with van der Waals surface area (Å²) in [6.45, 7) is 9.17. The molecule has 0 amide bonds. The lowest BCUT2D eigenvalue weighted by Gasteiger charge is -2.30. The average molecular weight is 285 g/mol. The Morgan fingerprint density at radius 2 is 1.63 bits per heavy atom. The summed E-state index contributed by atoms with van der Waals surface area (Å²) in [5, 5.41) is 0. The minimum atomic E-state index is -1.83. The average Bonchev–Trinajstić information content (AvgIpc) is 2.37. The normalized spacial score (nSPS) is 13.5. The smallest absolute Gasteiger partial charge is 0.328 e. The van der Waals surface area contributed by atoms with Crippen molar-refractivity contribution < 1.29 is 13.9 Å². The molecule has 0 bridgehead atoms. The second-order valence-electron chi connectivity index (χ2n) is 4.96. The second kappa shape index (κ2) is 8.62. The van der Waals surface area contributed by atoms with Crippen molar-refractivity contribution in [2.45, 2.75) is 46.4 Å². The highest BCUT2D eigenvalue weighted by Crippen LogP contribution is 2.34. The van der Waals surface area contributed by atoms with E-state index in [1.807, 2.05) is 30.3 Å². The van der Waals surface area contributed by atoms with Crippen LogP contribution in [0.25, 0.3) is 0 Å². The molecule has 5 heteroatoms. The zero-order valence-corrected chi connectivity index (χ0v) is 13.0. The van der Waals surface area contributed by atoms with Crippen LogP contribution in [0.1, 0.15) is 33.3 Å². The van der Waals surface area contributed by atoms with Gasteiger partial charge in [-0.25, -0.2) is 0 Å². The van der Waals surface area contributed by atoms with Crippen molar-refractivity contribution in [1.29, 1.82) is 0 Å². The van der Waals surface area contributed by atoms with Crippen LogP contribution < -0.4 is 0 Å². The van der Waals surface area contributed by atoms with Crippen LogP contribution in [0.5, 0.6) is 0 Å². The van der Waals surface area contributed by atoms with Crippen LogP contribution in [-0.2, 0) is 15.7 Å². The van der Waals surface area contributed by atoms with E-state index >= 15 is 0 Å². The van der Waals surface area contributed by atoms with Gasteiger partial charge in [-0.3, -0.25) is 9.42 Å². The first kappa shape index (κ1) is 16.5. The molecule has 4 nitrogen and oxygen atoms in total. The van der Waals surface area contributed by atoms with Crippen molar-refractivity contribution in [3.8, 4) is 0 Å². The minimum absolute atomic E-state index is 0.367. The zero-order chi connectivity index (χ0) is 14.3. The van der Waals surface area contributed by atoms with E-state index in [4.69, 9.17) is 9.05 Å². The second-order valence-corrected chi connectivity index (χ2v) is 5.95. The quantitative estimate of drug-likeness (QED) is 0.586. The highest BCUT2D eigenvalue weighted by atomic mass is 31.2. The summed E-state index contributed by atoms with van der Waals surface area (Å²) in [5.74, 6) is 0. The molecule has 1 aromatic carbocycles. The molecule has 1 N–H and O–H groups in total. The SMILES string of the molecule is CC(C)N(COP(O)OCc1ccccc1)C(C)C. The molecule has 1 atom stereocenters. The maximum absolute atomic E-state index is 9.72. The fraction of sp³-hybridized carbons (Fsp3) is 0.571. The van der Waals surface area contributed by atoms with Gasteiger partial charge in [-0.1, -0.05) is 30.3 Å². The van der Waals surface area contributed by atoms with E-state index in [0.717, 1.165) is 5.56 Å². The fourth-order valence-electron chi connectivity index (χ4n) is 1.75. The van der Waals surface area contributed by atoms with Gasteiger partial charge in [0.15, 0.2) is 0 Å². The Balaban J connectivity index is 2.29. The molecule has 19 heavy (non-hydrogen) atoms. The van der Waals surface area contributed by atoms with Crippen LogP contribution in [0.3, 0.4) is 0 Å². The molecule has 108 valence electrons. The van der Waals surface area contributed by atoms with E-state index in [2.05, 4.69) is 32.6 Å². The van der Waals surface area contributed by atoms with Crippen molar-refractivity contribution >= 4 is 8.60 Å². The highest BCUT2D eigenvalue weighted by Gasteiger charge is 2.16. The van der Waals surface area contributed by atoms with E-state index in [1.165, 1.54) is 0 Å². The first-order chi connectivity index (χ1) is 9.00. The first-order valence-electron chi connectivity index (χ1n) is 6.55. The Morgan fingerprint density at radius 3 is 2.16 bits per heavy atom. The van der Waals surface area contributed by atoms with Gasteiger partial charge in [-0.2, -0.15) is 0 Å². The molecule has 0 aromatic heterocycles. The third-order valence-electron chi connectivity index (χ3n) is 2.83. The molecular formula is C14H24NO3P. The molecule has 1 aromatic rings. The van der Waals surface area contributed by atoms with Gasteiger partial charge >= 0.3 is 8.60 Å². The van der Waals surface area contributed by atoms with Gasteiger partial charge in [0.2, 0.25) is 0 Å². The number of benzene rings is 1. The molecule has 1 rings (SSSR count). The van der Waals surface area contributed by atoms with Gasteiger partial charge in [0, 0.05) is 12.1 Å². The van der Waals surface area contributed by atoms with Crippen LogP contribution in [-0.4, -0.2) is 28.6 Å². The molecule has 0 radical (unpaired) electrons. The molecule has 0 aliphatic heterocycles. The number of rotatable bonds is 8. The maximum atomic E-state index is 9.72. The minimum Gasteiger partial charge on any atom is -0.328 e. The number of hydrogen-bond donors (Lipinski definition) is 1. The van der Waals surface area contributed by atoms with Gasteiger partial charge in [0.1, 0.15) is 6.73 Å². The van der Waals surface area contributed by atoms with Gasteiger partial charge in [0.05, 0.1) is 6.61 Å². The van der Waals surface area contributed by atoms with Crippen LogP contribution in [0, 0.1) is 0 Å². The Labute approximate surface area is 117 Å². The largest absolute Gasteiger partial charge is 0.331 e. The predicted octanol–water partition coefficient (Wildman–Crippen LogP) is 3.52. The summed E-state index contributed by atoms with van der Waals surface area (Å²) >= 11 is 0. The van der Waals surface area contributed by atoms with Crippen molar-refractivity contribution in [2.24, 2.45) is 0 Å². The molecule has 0 aliphatic rings. The van der Waals surface area contributed by atoms with E-state index in [-0.39, 0.29) is 0 Å². The predicted molar refractivity (Wildman–Crippen MR) is 78.4 cm³/mol. The first-order valence-corrected chi connectivity index (χ1v) is 7.68. The van der Waals surface area contributed by atoms with E-state index in [0.29, 0.717) is 25.4 Å². The monoisotopic (exact) mass is 285 g/mol. The Bertz CT molecular complexity index is 338. The molecule has 0 saturated carbocycles. The maximum Gasteiger partial charge on any atom is 0.331 e. The number of hydrogen-bond acceptors (Lipinski definition) is 4. The lowest BCUT2D eigenvalue weighted by Crippen LogP contribution is -2.38. The lowest BCUT2D eigenvalue weighted by atomic mass is 10.2. The summed E-state index contributed by atoms with van der Waals surface area (Å²) in [4.78, 5) is 11.9. The molecule has 0 fully saturated rings. The molecule has 0 heterocycles.